The number of aliphatic carboxylic acids is 1. The molecule has 3 aromatic rings. The summed E-state index contributed by atoms with van der Waals surface area (Å²) in [7, 11) is 1.29. The van der Waals surface area contributed by atoms with Crippen molar-refractivity contribution in [3.8, 4) is 0 Å². The van der Waals surface area contributed by atoms with E-state index in [9.17, 15) is 29.1 Å². The van der Waals surface area contributed by atoms with Gasteiger partial charge in [-0.1, -0.05) is 0 Å². The van der Waals surface area contributed by atoms with Crippen LogP contribution in [0.2, 0.25) is 0 Å². The third kappa shape index (κ3) is 15.6. The van der Waals surface area contributed by atoms with Gasteiger partial charge in [0, 0.05) is 37.4 Å². The molecular weight excluding hydrogens is 686 g/mol. The van der Waals surface area contributed by atoms with E-state index in [1.54, 1.807) is 12.1 Å². The van der Waals surface area contributed by atoms with Gasteiger partial charge >= 0.3 is 12.1 Å². The number of ether oxygens (including phenoxy) is 5. The molecule has 0 fully saturated rings. The second kappa shape index (κ2) is 23.1. The third-order valence-electron chi connectivity index (χ3n) is 6.98. The van der Waals surface area contributed by atoms with E-state index in [2.05, 4.69) is 45.9 Å². The number of anilines is 2. The molecular formula is C32H45N9O11. The lowest BCUT2D eigenvalue weighted by molar-refractivity contribution is -0.139. The highest BCUT2D eigenvalue weighted by Gasteiger charge is 2.22. The zero-order chi connectivity index (χ0) is 37.6. The van der Waals surface area contributed by atoms with Crippen molar-refractivity contribution in [1.29, 1.82) is 0 Å². The van der Waals surface area contributed by atoms with Gasteiger partial charge in [0.25, 0.3) is 11.5 Å². The van der Waals surface area contributed by atoms with Crippen LogP contribution in [0.15, 0.2) is 35.3 Å². The molecule has 0 saturated carbocycles. The number of carboxylic acids is 1. The quantitative estimate of drug-likeness (QED) is 0.0556. The minimum Gasteiger partial charge on any atom is -0.480 e. The summed E-state index contributed by atoms with van der Waals surface area (Å²) in [6.07, 6.45) is 1.32. The second-order valence-electron chi connectivity index (χ2n) is 10.9. The van der Waals surface area contributed by atoms with Crippen LogP contribution >= 0.6 is 0 Å². The van der Waals surface area contributed by atoms with Gasteiger partial charge in [-0.2, -0.15) is 4.98 Å². The number of fused-ring (bicyclic) bond motifs is 1. The van der Waals surface area contributed by atoms with Crippen molar-refractivity contribution in [1.82, 2.24) is 35.9 Å². The molecule has 1 aromatic carbocycles. The number of amides is 3. The normalized spacial score (nSPS) is 11.5. The average Bonchev–Trinajstić information content (AvgIpc) is 3.13. The largest absolute Gasteiger partial charge is 0.480 e. The van der Waals surface area contributed by atoms with E-state index in [1.807, 2.05) is 0 Å². The molecule has 3 rings (SSSR count). The number of nitrogen functional groups attached to an aromatic ring is 1. The maximum Gasteiger partial charge on any atom is 0.406 e. The number of nitrogens with two attached hydrogens (primary N) is 1. The van der Waals surface area contributed by atoms with Crippen LogP contribution in [-0.2, 0) is 39.8 Å². The van der Waals surface area contributed by atoms with E-state index in [0.29, 0.717) is 83.7 Å². The van der Waals surface area contributed by atoms with Gasteiger partial charge in [-0.05, 0) is 37.1 Å². The van der Waals surface area contributed by atoms with Crippen molar-refractivity contribution >= 4 is 46.7 Å². The van der Waals surface area contributed by atoms with E-state index < -0.39 is 29.6 Å². The highest BCUT2D eigenvalue weighted by Crippen LogP contribution is 2.12. The Balaban J connectivity index is 1.21. The first kappa shape index (κ1) is 41.0. The van der Waals surface area contributed by atoms with Gasteiger partial charge in [0.1, 0.15) is 6.04 Å². The van der Waals surface area contributed by atoms with E-state index in [1.165, 1.54) is 25.4 Å². The molecule has 20 heteroatoms. The Labute approximate surface area is 298 Å². The van der Waals surface area contributed by atoms with Gasteiger partial charge in [-0.25, -0.2) is 19.6 Å². The maximum absolute atomic E-state index is 12.7. The predicted molar refractivity (Wildman–Crippen MR) is 186 cm³/mol. The second-order valence-corrected chi connectivity index (χ2v) is 10.9. The molecule has 0 radical (unpaired) electrons. The van der Waals surface area contributed by atoms with Crippen molar-refractivity contribution in [2.24, 2.45) is 0 Å². The smallest absolute Gasteiger partial charge is 0.406 e. The summed E-state index contributed by atoms with van der Waals surface area (Å²) < 4.78 is 26.0. The minimum absolute atomic E-state index is 0.0539. The Bertz CT molecular complexity index is 1640. The lowest BCUT2D eigenvalue weighted by Gasteiger charge is -2.15. The number of carbonyl (C=O) groups is 4. The van der Waals surface area contributed by atoms with Gasteiger partial charge in [0.15, 0.2) is 11.2 Å². The molecule has 0 aliphatic rings. The number of methoxy groups -OCH3 is 1. The standard InChI is InChI=1S/C32H45N9O11/c1-48-32(47)35-10-12-50-14-16-52-18-17-51-15-13-49-11-2-9-34-25(42)8-7-24(30(45)46)39-28(43)21-3-5-22(6-4-21)36-19-23-20-37-27-26(38-23)29(44)41-31(33)40-27/h3-6,20,24,36H,2,7-19H2,1H3,(H,34,42)(H,35,47)(H,39,43)(H,45,46)(H3,33,37,40,41,44)/t24-/m1/s1. The first-order chi connectivity index (χ1) is 25.2. The highest BCUT2D eigenvalue weighted by atomic mass is 16.6. The third-order valence-corrected chi connectivity index (χ3v) is 6.98. The Morgan fingerprint density at radius 1 is 0.885 bits per heavy atom. The van der Waals surface area contributed by atoms with E-state index in [0.717, 1.165) is 0 Å². The van der Waals surface area contributed by atoms with Gasteiger partial charge in [-0.15, -0.1) is 0 Å². The molecule has 1 atom stereocenters. The lowest BCUT2D eigenvalue weighted by atomic mass is 10.1. The molecule has 2 heterocycles. The van der Waals surface area contributed by atoms with E-state index in [4.69, 9.17) is 24.7 Å². The monoisotopic (exact) mass is 731 g/mol. The molecule has 8 N–H and O–H groups in total. The zero-order valence-corrected chi connectivity index (χ0v) is 28.8. The van der Waals surface area contributed by atoms with Crippen LogP contribution in [0.3, 0.4) is 0 Å². The first-order valence-electron chi connectivity index (χ1n) is 16.4. The number of nitrogens with zero attached hydrogens (tertiary/aromatic N) is 3. The number of aromatic amines is 1. The number of carboxylic acid groups (broad SMARTS) is 1. The number of nitrogens with one attached hydrogen (secondary N) is 5. The van der Waals surface area contributed by atoms with Gasteiger partial charge in [0.05, 0.1) is 71.8 Å². The van der Waals surface area contributed by atoms with Gasteiger partial charge < -0.3 is 55.8 Å². The molecule has 3 amide bonds. The Kier molecular flexibility index (Phi) is 18.2. The number of carbonyl (C=O) groups excluding carboxylic acids is 3. The van der Waals surface area contributed by atoms with Crippen LogP contribution in [0.1, 0.15) is 35.3 Å². The van der Waals surface area contributed by atoms with Crippen LogP contribution < -0.4 is 32.6 Å². The molecule has 284 valence electrons. The topological polar surface area (TPSA) is 280 Å². The van der Waals surface area contributed by atoms with Gasteiger partial charge in [0.2, 0.25) is 11.9 Å². The van der Waals surface area contributed by atoms with Crippen molar-refractivity contribution in [3.63, 3.8) is 0 Å². The summed E-state index contributed by atoms with van der Waals surface area (Å²) in [6, 6.07) is 5.04. The van der Waals surface area contributed by atoms with Crippen LogP contribution in [0.4, 0.5) is 16.4 Å². The van der Waals surface area contributed by atoms with Crippen LogP contribution in [-0.4, -0.2) is 128 Å². The average molecular weight is 732 g/mol. The highest BCUT2D eigenvalue weighted by molar-refractivity contribution is 5.97. The lowest BCUT2D eigenvalue weighted by Crippen LogP contribution is -2.41. The Hall–Kier alpha value is -5.44. The van der Waals surface area contributed by atoms with E-state index in [-0.39, 0.29) is 48.0 Å². The molecule has 0 unspecified atom stereocenters. The molecule has 0 saturated heterocycles. The molecule has 2 aromatic heterocycles. The molecule has 0 aliphatic heterocycles. The van der Waals surface area contributed by atoms with Crippen LogP contribution in [0.5, 0.6) is 0 Å². The van der Waals surface area contributed by atoms with Crippen molar-refractivity contribution in [3.05, 3.63) is 52.1 Å². The number of rotatable bonds is 25. The summed E-state index contributed by atoms with van der Waals surface area (Å²) in [6.45, 7) is 4.03. The van der Waals surface area contributed by atoms with Crippen LogP contribution in [0.25, 0.3) is 11.2 Å². The fourth-order valence-corrected chi connectivity index (χ4v) is 4.31. The van der Waals surface area contributed by atoms with E-state index >= 15 is 0 Å². The molecule has 52 heavy (non-hydrogen) atoms. The first-order valence-corrected chi connectivity index (χ1v) is 16.4. The maximum atomic E-state index is 12.7. The summed E-state index contributed by atoms with van der Waals surface area (Å²) in [5.41, 5.74) is 6.54. The van der Waals surface area contributed by atoms with Gasteiger partial charge in [-0.3, -0.25) is 19.4 Å². The molecule has 0 aliphatic carbocycles. The minimum atomic E-state index is -1.26. The number of benzene rings is 1. The number of hydrogen-bond donors (Lipinski definition) is 7. The Morgan fingerprint density at radius 2 is 1.54 bits per heavy atom. The SMILES string of the molecule is COC(=O)NCCOCCOCCOCCOCCCNC(=O)CC[C@@H](NC(=O)c1ccc(NCc2cnc3nc(N)[nH]c(=O)c3n2)cc1)C(=O)O. The fraction of sp³-hybridized carbons (Fsp3) is 0.500. The predicted octanol–water partition coefficient (Wildman–Crippen LogP) is -0.201. The fourth-order valence-electron chi connectivity index (χ4n) is 4.31. The number of H-pyrrole nitrogens is 1. The van der Waals surface area contributed by atoms with Crippen molar-refractivity contribution in [2.45, 2.75) is 31.8 Å². The molecule has 20 nitrogen and oxygen atoms in total. The Morgan fingerprint density at radius 3 is 2.19 bits per heavy atom. The summed E-state index contributed by atoms with van der Waals surface area (Å²) >= 11 is 0. The summed E-state index contributed by atoms with van der Waals surface area (Å²) in [4.78, 5) is 74.3. The van der Waals surface area contributed by atoms with Crippen molar-refractivity contribution < 1.29 is 48.0 Å². The number of aromatic nitrogens is 4. The summed E-state index contributed by atoms with van der Waals surface area (Å²) in [5.74, 6) is -2.26. The van der Waals surface area contributed by atoms with Crippen molar-refractivity contribution in [2.75, 3.05) is 84.1 Å². The van der Waals surface area contributed by atoms with Crippen LogP contribution in [0, 0.1) is 0 Å². The summed E-state index contributed by atoms with van der Waals surface area (Å²) in [5, 5.41) is 20.4. The molecule has 0 bridgehead atoms. The number of alkyl carbamates (subject to hydrolysis) is 1. The molecule has 0 spiro atoms. The zero-order valence-electron chi connectivity index (χ0n) is 28.8. The number of hydrogen-bond acceptors (Lipinski definition) is 15.